The van der Waals surface area contributed by atoms with Gasteiger partial charge in [0.15, 0.2) is 5.65 Å². The molecule has 0 bridgehead atoms. The van der Waals surface area contributed by atoms with Crippen LogP contribution >= 0.6 is 0 Å². The normalized spacial score (nSPS) is 20.5. The van der Waals surface area contributed by atoms with E-state index >= 15 is 0 Å². The van der Waals surface area contributed by atoms with E-state index in [1.165, 1.54) is 0 Å². The van der Waals surface area contributed by atoms with Crippen LogP contribution in [0.25, 0.3) is 11.0 Å². The third kappa shape index (κ3) is 2.83. The number of likely N-dealkylation sites (tertiary alicyclic amines) is 1. The first-order valence-electron chi connectivity index (χ1n) is 9.19. The van der Waals surface area contributed by atoms with Crippen LogP contribution in [0.2, 0.25) is 0 Å². The minimum atomic E-state index is 0.0136. The van der Waals surface area contributed by atoms with E-state index in [2.05, 4.69) is 25.1 Å². The summed E-state index contributed by atoms with van der Waals surface area (Å²) in [6.07, 6.45) is 9.47. The zero-order chi connectivity index (χ0) is 17.5. The second kappa shape index (κ2) is 6.16. The summed E-state index contributed by atoms with van der Waals surface area (Å²) in [7, 11) is 0. The van der Waals surface area contributed by atoms with Gasteiger partial charge in [-0.3, -0.25) is 9.89 Å². The number of carbonyl (C=O) groups excluding carboxylic acids is 1. The summed E-state index contributed by atoms with van der Waals surface area (Å²) in [5.74, 6) is 1.63. The average molecular weight is 348 g/mol. The Morgan fingerprint density at radius 1 is 1.08 bits per heavy atom. The molecule has 2 fully saturated rings. The molecule has 3 aromatic heterocycles. The lowest BCUT2D eigenvalue weighted by molar-refractivity contribution is 0.0705. The monoisotopic (exact) mass is 348 g/mol. The molecule has 3 aromatic rings. The number of pyridine rings is 1. The largest absolute Gasteiger partial charge is 0.338 e. The Hall–Kier alpha value is -2.83. The molecule has 132 valence electrons. The van der Waals surface area contributed by atoms with Crippen LogP contribution in [0.5, 0.6) is 0 Å². The summed E-state index contributed by atoms with van der Waals surface area (Å²) < 4.78 is 0. The quantitative estimate of drug-likeness (QED) is 0.786. The van der Waals surface area contributed by atoms with Gasteiger partial charge in [-0.15, -0.1) is 0 Å². The van der Waals surface area contributed by atoms with Crippen LogP contribution in [-0.4, -0.2) is 49.0 Å². The van der Waals surface area contributed by atoms with Crippen molar-refractivity contribution in [1.82, 2.24) is 30.0 Å². The minimum absolute atomic E-state index is 0.0136. The molecule has 26 heavy (non-hydrogen) atoms. The highest BCUT2D eigenvalue weighted by atomic mass is 16.2. The van der Waals surface area contributed by atoms with Crippen molar-refractivity contribution in [3.63, 3.8) is 0 Å². The van der Waals surface area contributed by atoms with Crippen molar-refractivity contribution in [3.8, 4) is 0 Å². The van der Waals surface area contributed by atoms with Crippen LogP contribution in [0, 0.1) is 0 Å². The van der Waals surface area contributed by atoms with Crippen LogP contribution in [0.3, 0.4) is 0 Å². The molecule has 4 heterocycles. The molecule has 1 aliphatic heterocycles. The maximum Gasteiger partial charge on any atom is 0.257 e. The maximum atomic E-state index is 12.9. The van der Waals surface area contributed by atoms with Crippen molar-refractivity contribution in [3.05, 3.63) is 47.8 Å². The van der Waals surface area contributed by atoms with Gasteiger partial charge in [0.25, 0.3) is 5.91 Å². The predicted octanol–water partition coefficient (Wildman–Crippen LogP) is 2.65. The van der Waals surface area contributed by atoms with Gasteiger partial charge in [-0.25, -0.2) is 15.0 Å². The molecule has 1 N–H and O–H groups in total. The van der Waals surface area contributed by atoms with E-state index in [1.807, 2.05) is 17.0 Å². The zero-order valence-electron chi connectivity index (χ0n) is 14.4. The van der Waals surface area contributed by atoms with Gasteiger partial charge >= 0.3 is 0 Å². The lowest BCUT2D eigenvalue weighted by Crippen LogP contribution is -2.39. The average Bonchev–Trinajstić information content (AvgIpc) is 3.44. The lowest BCUT2D eigenvalue weighted by atomic mass is 9.93. The van der Waals surface area contributed by atoms with E-state index < -0.39 is 0 Å². The van der Waals surface area contributed by atoms with Gasteiger partial charge in [-0.05, 0) is 37.8 Å². The summed E-state index contributed by atoms with van der Waals surface area (Å²) in [4.78, 5) is 28.2. The zero-order valence-corrected chi connectivity index (χ0v) is 14.4. The van der Waals surface area contributed by atoms with Gasteiger partial charge in [-0.1, -0.05) is 0 Å². The van der Waals surface area contributed by atoms with E-state index in [1.54, 1.807) is 18.6 Å². The summed E-state index contributed by atoms with van der Waals surface area (Å²) >= 11 is 0. The Morgan fingerprint density at radius 3 is 2.73 bits per heavy atom. The molecule has 0 aromatic carbocycles. The van der Waals surface area contributed by atoms with E-state index in [9.17, 15) is 4.79 Å². The van der Waals surface area contributed by atoms with Gasteiger partial charge < -0.3 is 4.90 Å². The molecule has 1 aliphatic carbocycles. The highest BCUT2D eigenvalue weighted by Gasteiger charge is 2.29. The number of hydrogen-bond acceptors (Lipinski definition) is 5. The molecule has 0 spiro atoms. The SMILES string of the molecule is O=C(c1cnc(C2CC2)nc1)N1CCCC(c2ccc3cn[nH]c3n2)C1. The van der Waals surface area contributed by atoms with Crippen molar-refractivity contribution in [2.45, 2.75) is 37.5 Å². The number of nitrogens with zero attached hydrogens (tertiary/aromatic N) is 5. The Kier molecular flexibility index (Phi) is 3.65. The number of hydrogen-bond donors (Lipinski definition) is 1. The first-order valence-corrected chi connectivity index (χ1v) is 9.19. The Bertz CT molecular complexity index is 946. The molecule has 1 saturated carbocycles. The van der Waals surface area contributed by atoms with E-state index in [4.69, 9.17) is 0 Å². The fourth-order valence-corrected chi connectivity index (χ4v) is 3.66. The molecule has 0 radical (unpaired) electrons. The number of nitrogens with one attached hydrogen (secondary N) is 1. The number of aromatic nitrogens is 5. The van der Waals surface area contributed by atoms with E-state index in [0.29, 0.717) is 18.0 Å². The van der Waals surface area contributed by atoms with E-state index in [-0.39, 0.29) is 11.8 Å². The maximum absolute atomic E-state index is 12.9. The van der Waals surface area contributed by atoms with Crippen LogP contribution in [0.15, 0.2) is 30.7 Å². The third-order valence-corrected chi connectivity index (χ3v) is 5.31. The van der Waals surface area contributed by atoms with Gasteiger partial charge in [0.1, 0.15) is 5.82 Å². The van der Waals surface area contributed by atoms with Crippen LogP contribution in [-0.2, 0) is 0 Å². The fraction of sp³-hybridized carbons (Fsp3) is 0.421. The van der Waals surface area contributed by atoms with Crippen LogP contribution in [0.4, 0.5) is 0 Å². The Morgan fingerprint density at radius 2 is 1.92 bits per heavy atom. The molecule has 1 atom stereocenters. The van der Waals surface area contributed by atoms with Crippen LogP contribution in [0.1, 0.15) is 59.4 Å². The Labute approximate surface area is 150 Å². The molecule has 2 aliphatic rings. The molecule has 1 saturated heterocycles. The summed E-state index contributed by atoms with van der Waals surface area (Å²) in [5, 5.41) is 7.95. The molecule has 1 unspecified atom stereocenters. The van der Waals surface area contributed by atoms with Crippen molar-refractivity contribution in [2.75, 3.05) is 13.1 Å². The number of rotatable bonds is 3. The van der Waals surface area contributed by atoms with Crippen molar-refractivity contribution < 1.29 is 4.79 Å². The molecular weight excluding hydrogens is 328 g/mol. The summed E-state index contributed by atoms with van der Waals surface area (Å²) in [6.45, 7) is 1.45. The van der Waals surface area contributed by atoms with Gasteiger partial charge in [0, 0.05) is 48.4 Å². The lowest BCUT2D eigenvalue weighted by Gasteiger charge is -2.32. The number of aromatic amines is 1. The molecule has 7 heteroatoms. The molecule has 1 amide bonds. The Balaban J connectivity index is 1.33. The molecular formula is C19H20N6O. The van der Waals surface area contributed by atoms with Crippen LogP contribution < -0.4 is 0 Å². The first-order chi connectivity index (χ1) is 12.8. The highest BCUT2D eigenvalue weighted by Crippen LogP contribution is 2.37. The van der Waals surface area contributed by atoms with Gasteiger partial charge in [0.05, 0.1) is 11.8 Å². The summed E-state index contributed by atoms with van der Waals surface area (Å²) in [5.41, 5.74) is 2.39. The highest BCUT2D eigenvalue weighted by molar-refractivity contribution is 5.93. The molecule has 5 rings (SSSR count). The number of piperidine rings is 1. The van der Waals surface area contributed by atoms with Gasteiger partial charge in [-0.2, -0.15) is 5.10 Å². The van der Waals surface area contributed by atoms with Crippen molar-refractivity contribution >= 4 is 16.9 Å². The standard InChI is InChI=1S/C19H20N6O/c26-19(15-8-20-17(21-9-15)12-3-4-12)25-7-1-2-14(11-25)16-6-5-13-10-22-24-18(13)23-16/h5-6,8-10,12,14H,1-4,7,11H2,(H,22,23,24). The number of H-pyrrole nitrogens is 1. The predicted molar refractivity (Wildman–Crippen MR) is 95.8 cm³/mol. The number of fused-ring (bicyclic) bond motifs is 1. The fourth-order valence-electron chi connectivity index (χ4n) is 3.66. The topological polar surface area (TPSA) is 87.7 Å². The second-order valence-electron chi connectivity index (χ2n) is 7.24. The van der Waals surface area contributed by atoms with Crippen molar-refractivity contribution in [1.29, 1.82) is 0 Å². The molecule has 7 nitrogen and oxygen atoms in total. The van der Waals surface area contributed by atoms with Crippen molar-refractivity contribution in [2.24, 2.45) is 0 Å². The smallest absolute Gasteiger partial charge is 0.257 e. The second-order valence-corrected chi connectivity index (χ2v) is 7.24. The van der Waals surface area contributed by atoms with E-state index in [0.717, 1.165) is 54.8 Å². The summed E-state index contributed by atoms with van der Waals surface area (Å²) in [6, 6.07) is 4.08. The number of carbonyl (C=O) groups is 1. The minimum Gasteiger partial charge on any atom is -0.338 e. The number of amides is 1. The first kappa shape index (κ1) is 15.4. The third-order valence-electron chi connectivity index (χ3n) is 5.31. The van der Waals surface area contributed by atoms with Gasteiger partial charge in [0.2, 0.25) is 0 Å².